The number of rotatable bonds is 4. The highest BCUT2D eigenvalue weighted by atomic mass is 32.1. The average molecular weight is 384 g/mol. The lowest BCUT2D eigenvalue weighted by Crippen LogP contribution is -2.35. The van der Waals surface area contributed by atoms with Crippen molar-refractivity contribution in [1.29, 1.82) is 0 Å². The lowest BCUT2D eigenvalue weighted by atomic mass is 10.1. The summed E-state index contributed by atoms with van der Waals surface area (Å²) in [4.78, 5) is 16.0. The number of halogens is 3. The smallest absolute Gasteiger partial charge is 0.345 e. The van der Waals surface area contributed by atoms with Crippen LogP contribution in [0.1, 0.15) is 23.4 Å². The molecule has 1 fully saturated rings. The fraction of sp³-hybridized carbons (Fsp3) is 0.471. The third-order valence-corrected chi connectivity index (χ3v) is 5.28. The highest BCUT2D eigenvalue weighted by Gasteiger charge is 2.36. The molecule has 2 heterocycles. The van der Waals surface area contributed by atoms with Crippen LogP contribution < -0.4 is 4.90 Å². The molecule has 1 amide bonds. The molecule has 1 aromatic heterocycles. The molecular weight excluding hydrogens is 365 g/mol. The predicted octanol–water partition coefficient (Wildman–Crippen LogP) is 3.23. The molecule has 1 saturated heterocycles. The summed E-state index contributed by atoms with van der Waals surface area (Å²) >= 11 is 0.548. The second kappa shape index (κ2) is 8.03. The van der Waals surface area contributed by atoms with E-state index < -0.39 is 11.2 Å². The summed E-state index contributed by atoms with van der Waals surface area (Å²) in [7, 11) is 0. The molecule has 0 radical (unpaired) electrons. The van der Waals surface area contributed by atoms with Crippen molar-refractivity contribution in [2.24, 2.45) is 0 Å². The van der Waals surface area contributed by atoms with Gasteiger partial charge in [-0.2, -0.15) is 13.2 Å². The molecule has 0 unspecified atom stereocenters. The van der Waals surface area contributed by atoms with E-state index >= 15 is 0 Å². The predicted molar refractivity (Wildman–Crippen MR) is 93.1 cm³/mol. The zero-order valence-electron chi connectivity index (χ0n) is 14.1. The SMILES string of the molecule is O=C(CCc1ccccc1)N1CCCN(c2nnc(C(F)(F)F)s2)CC1. The maximum atomic E-state index is 12.7. The summed E-state index contributed by atoms with van der Waals surface area (Å²) in [5.41, 5.74) is 1.12. The van der Waals surface area contributed by atoms with Crippen molar-refractivity contribution in [2.45, 2.75) is 25.4 Å². The molecule has 0 saturated carbocycles. The molecule has 1 aliphatic rings. The highest BCUT2D eigenvalue weighted by molar-refractivity contribution is 7.15. The summed E-state index contributed by atoms with van der Waals surface area (Å²) in [5, 5.41) is 6.22. The monoisotopic (exact) mass is 384 g/mol. The van der Waals surface area contributed by atoms with Crippen LogP contribution in [0.25, 0.3) is 0 Å². The molecule has 2 aromatic rings. The first-order valence-electron chi connectivity index (χ1n) is 8.41. The molecule has 0 aliphatic carbocycles. The van der Waals surface area contributed by atoms with Gasteiger partial charge >= 0.3 is 6.18 Å². The molecule has 0 atom stereocenters. The lowest BCUT2D eigenvalue weighted by Gasteiger charge is -2.21. The summed E-state index contributed by atoms with van der Waals surface area (Å²) in [6.45, 7) is 2.11. The maximum absolute atomic E-state index is 12.7. The third kappa shape index (κ3) is 4.72. The van der Waals surface area contributed by atoms with Crippen LogP contribution >= 0.6 is 11.3 Å². The van der Waals surface area contributed by atoms with Crippen LogP contribution in [-0.2, 0) is 17.4 Å². The van der Waals surface area contributed by atoms with Gasteiger partial charge in [0.25, 0.3) is 0 Å². The molecule has 1 aliphatic heterocycles. The number of anilines is 1. The molecule has 5 nitrogen and oxygen atoms in total. The standard InChI is InChI=1S/C17H19F3N4OS/c18-17(19,20)15-21-22-16(26-15)24-10-4-9-23(11-12-24)14(25)8-7-13-5-2-1-3-6-13/h1-3,5-6H,4,7-12H2. The third-order valence-electron chi connectivity index (χ3n) is 4.25. The first-order chi connectivity index (χ1) is 12.4. The van der Waals surface area contributed by atoms with E-state index in [2.05, 4.69) is 10.2 Å². The lowest BCUT2D eigenvalue weighted by molar-refractivity contribution is -0.138. The Balaban J connectivity index is 1.54. The number of carbonyl (C=O) groups is 1. The zero-order valence-corrected chi connectivity index (χ0v) is 14.9. The van der Waals surface area contributed by atoms with E-state index in [4.69, 9.17) is 0 Å². The minimum absolute atomic E-state index is 0.0731. The first-order valence-corrected chi connectivity index (χ1v) is 9.22. The summed E-state index contributed by atoms with van der Waals surface area (Å²) in [5.74, 6) is 0.0731. The van der Waals surface area contributed by atoms with Crippen molar-refractivity contribution in [2.75, 3.05) is 31.1 Å². The quantitative estimate of drug-likeness (QED) is 0.812. The Bertz CT molecular complexity index is 735. The number of hydrogen-bond acceptors (Lipinski definition) is 5. The van der Waals surface area contributed by atoms with E-state index in [0.29, 0.717) is 56.8 Å². The number of alkyl halides is 3. The Morgan fingerprint density at radius 2 is 1.85 bits per heavy atom. The van der Waals surface area contributed by atoms with Crippen LogP contribution in [-0.4, -0.2) is 47.2 Å². The van der Waals surface area contributed by atoms with E-state index in [1.165, 1.54) is 0 Å². The zero-order chi connectivity index (χ0) is 18.6. The minimum atomic E-state index is -4.47. The van der Waals surface area contributed by atoms with E-state index in [-0.39, 0.29) is 11.0 Å². The maximum Gasteiger partial charge on any atom is 0.445 e. The molecule has 3 rings (SSSR count). The Morgan fingerprint density at radius 3 is 2.54 bits per heavy atom. The van der Waals surface area contributed by atoms with Gasteiger partial charge in [0.05, 0.1) is 0 Å². The Morgan fingerprint density at radius 1 is 1.08 bits per heavy atom. The highest BCUT2D eigenvalue weighted by Crippen LogP contribution is 2.34. The number of hydrogen-bond donors (Lipinski definition) is 0. The molecular formula is C17H19F3N4OS. The number of benzene rings is 1. The van der Waals surface area contributed by atoms with Gasteiger partial charge in [0, 0.05) is 32.6 Å². The molecule has 140 valence electrons. The number of amides is 1. The normalized spacial score (nSPS) is 15.8. The molecule has 9 heteroatoms. The molecule has 1 aromatic carbocycles. The van der Waals surface area contributed by atoms with Gasteiger partial charge in [-0.05, 0) is 18.4 Å². The fourth-order valence-corrected chi connectivity index (χ4v) is 3.63. The van der Waals surface area contributed by atoms with Gasteiger partial charge in [-0.25, -0.2) is 0 Å². The summed E-state index contributed by atoms with van der Waals surface area (Å²) in [6, 6.07) is 9.81. The van der Waals surface area contributed by atoms with Crippen LogP contribution in [0.5, 0.6) is 0 Å². The summed E-state index contributed by atoms with van der Waals surface area (Å²) in [6.07, 6.45) is -2.66. The van der Waals surface area contributed by atoms with Gasteiger partial charge < -0.3 is 9.80 Å². The molecule has 26 heavy (non-hydrogen) atoms. The van der Waals surface area contributed by atoms with Crippen molar-refractivity contribution >= 4 is 22.4 Å². The van der Waals surface area contributed by atoms with Gasteiger partial charge in [-0.3, -0.25) is 4.79 Å². The Hall–Kier alpha value is -2.16. The van der Waals surface area contributed by atoms with E-state index in [9.17, 15) is 18.0 Å². The van der Waals surface area contributed by atoms with Crippen LogP contribution in [0.3, 0.4) is 0 Å². The van der Waals surface area contributed by atoms with Gasteiger partial charge in [-0.1, -0.05) is 41.7 Å². The van der Waals surface area contributed by atoms with Gasteiger partial charge in [0.2, 0.25) is 16.0 Å². The minimum Gasteiger partial charge on any atom is -0.345 e. The number of aromatic nitrogens is 2. The number of carbonyl (C=O) groups excluding carboxylic acids is 1. The second-order valence-electron chi connectivity index (χ2n) is 6.09. The van der Waals surface area contributed by atoms with E-state index in [1.54, 1.807) is 9.80 Å². The largest absolute Gasteiger partial charge is 0.445 e. The first kappa shape index (κ1) is 18.6. The Kier molecular flexibility index (Phi) is 5.75. The fourth-order valence-electron chi connectivity index (χ4n) is 2.87. The topological polar surface area (TPSA) is 49.3 Å². The van der Waals surface area contributed by atoms with Crippen molar-refractivity contribution in [3.05, 3.63) is 40.9 Å². The Labute approximate surface area is 153 Å². The van der Waals surface area contributed by atoms with Crippen molar-refractivity contribution in [3.8, 4) is 0 Å². The van der Waals surface area contributed by atoms with E-state index in [0.717, 1.165) is 5.56 Å². The van der Waals surface area contributed by atoms with E-state index in [1.807, 2.05) is 30.3 Å². The van der Waals surface area contributed by atoms with Gasteiger partial charge in [0.1, 0.15) is 0 Å². The van der Waals surface area contributed by atoms with Crippen LogP contribution in [0, 0.1) is 0 Å². The summed E-state index contributed by atoms with van der Waals surface area (Å²) < 4.78 is 38.0. The van der Waals surface area contributed by atoms with Gasteiger partial charge in [0.15, 0.2) is 0 Å². The molecule has 0 spiro atoms. The number of nitrogens with zero attached hydrogens (tertiary/aromatic N) is 4. The molecule has 0 N–H and O–H groups in total. The number of aryl methyl sites for hydroxylation is 1. The van der Waals surface area contributed by atoms with Crippen molar-refractivity contribution in [1.82, 2.24) is 15.1 Å². The average Bonchev–Trinajstić information content (AvgIpc) is 3.00. The van der Waals surface area contributed by atoms with Crippen LogP contribution in [0.15, 0.2) is 30.3 Å². The van der Waals surface area contributed by atoms with Crippen molar-refractivity contribution in [3.63, 3.8) is 0 Å². The molecule has 0 bridgehead atoms. The van der Waals surface area contributed by atoms with Crippen LogP contribution in [0.2, 0.25) is 0 Å². The second-order valence-corrected chi connectivity index (χ2v) is 7.05. The van der Waals surface area contributed by atoms with Crippen molar-refractivity contribution < 1.29 is 18.0 Å². The van der Waals surface area contributed by atoms with Gasteiger partial charge in [-0.15, -0.1) is 10.2 Å². The van der Waals surface area contributed by atoms with Crippen LogP contribution in [0.4, 0.5) is 18.3 Å².